The van der Waals surface area contributed by atoms with Crippen molar-refractivity contribution in [2.24, 2.45) is 5.10 Å². The Morgan fingerprint density at radius 2 is 1.85 bits per heavy atom. The number of hydrogen-bond donors (Lipinski definition) is 1. The van der Waals surface area contributed by atoms with Crippen LogP contribution in [0, 0.1) is 0 Å². The Kier molecular flexibility index (Phi) is 2.66. The summed E-state index contributed by atoms with van der Waals surface area (Å²) in [6, 6.07) is 8.65. The molecule has 0 aliphatic carbocycles. The van der Waals surface area contributed by atoms with Crippen molar-refractivity contribution in [2.75, 3.05) is 4.90 Å². The number of hydrogen-bond acceptors (Lipinski definition) is 4. The highest BCUT2D eigenvalue weighted by atomic mass is 19.4. The van der Waals surface area contributed by atoms with Crippen LogP contribution in [0.4, 0.5) is 18.9 Å². The molecule has 3 rings (SSSR count). The number of nitrogens with one attached hydrogen (secondary N) is 1. The van der Waals surface area contributed by atoms with Gasteiger partial charge in [0, 0.05) is 18.1 Å². The maximum atomic E-state index is 12.7. The first-order valence-corrected chi connectivity index (χ1v) is 5.74. The molecule has 2 heterocycles. The van der Waals surface area contributed by atoms with Crippen molar-refractivity contribution in [1.82, 2.24) is 10.3 Å². The lowest BCUT2D eigenvalue weighted by Crippen LogP contribution is -2.54. The Bertz CT molecular complexity index is 596. The van der Waals surface area contributed by atoms with E-state index >= 15 is 0 Å². The molecule has 8 heteroatoms. The summed E-state index contributed by atoms with van der Waals surface area (Å²) in [7, 11) is 0. The molecule has 0 spiro atoms. The predicted octanol–water partition coefficient (Wildman–Crippen LogP) is 1.61. The van der Waals surface area contributed by atoms with Gasteiger partial charge in [-0.25, -0.2) is 0 Å². The van der Waals surface area contributed by atoms with Crippen molar-refractivity contribution in [3.63, 3.8) is 0 Å². The first kappa shape index (κ1) is 12.5. The molecule has 1 N–H and O–H groups in total. The second-order valence-electron chi connectivity index (χ2n) is 4.21. The Balaban J connectivity index is 1.91. The molecule has 0 saturated heterocycles. The molecule has 2 aliphatic rings. The zero-order chi connectivity index (χ0) is 14.3. The van der Waals surface area contributed by atoms with Gasteiger partial charge >= 0.3 is 6.18 Å². The molecule has 2 aliphatic heterocycles. The number of para-hydroxylation sites is 1. The van der Waals surface area contributed by atoms with Crippen molar-refractivity contribution in [1.29, 1.82) is 0 Å². The van der Waals surface area contributed by atoms with E-state index in [4.69, 9.17) is 0 Å². The average Bonchev–Trinajstić information content (AvgIpc) is 2.85. The number of benzene rings is 1. The van der Waals surface area contributed by atoms with Gasteiger partial charge in [0.2, 0.25) is 12.0 Å². The summed E-state index contributed by atoms with van der Waals surface area (Å²) in [4.78, 5) is 14.3. The van der Waals surface area contributed by atoms with Crippen LogP contribution in [0.5, 0.6) is 0 Å². The summed E-state index contributed by atoms with van der Waals surface area (Å²) in [6.45, 7) is 0. The maximum Gasteiger partial charge on any atom is 0.451 e. The monoisotopic (exact) mass is 282 g/mol. The van der Waals surface area contributed by atoms with Crippen molar-refractivity contribution >= 4 is 17.4 Å². The number of amides is 1. The predicted molar refractivity (Wildman–Crippen MR) is 65.3 cm³/mol. The van der Waals surface area contributed by atoms with Gasteiger partial charge in [0.15, 0.2) is 0 Å². The summed E-state index contributed by atoms with van der Waals surface area (Å²) in [5, 5.41) is 3.20. The van der Waals surface area contributed by atoms with Gasteiger partial charge in [-0.15, -0.1) is 0 Å². The molecule has 5 nitrogen and oxygen atoms in total. The van der Waals surface area contributed by atoms with E-state index in [2.05, 4.69) is 10.5 Å². The quantitative estimate of drug-likeness (QED) is 0.851. The van der Waals surface area contributed by atoms with Crippen molar-refractivity contribution in [2.45, 2.75) is 12.3 Å². The van der Waals surface area contributed by atoms with E-state index in [1.54, 1.807) is 30.3 Å². The lowest BCUT2D eigenvalue weighted by molar-refractivity contribution is -0.122. The minimum atomic E-state index is -4.61. The maximum absolute atomic E-state index is 12.7. The Morgan fingerprint density at radius 3 is 2.50 bits per heavy atom. The van der Waals surface area contributed by atoms with Gasteiger partial charge in [-0.05, 0) is 12.1 Å². The van der Waals surface area contributed by atoms with Gasteiger partial charge in [0.25, 0.3) is 5.91 Å². The largest absolute Gasteiger partial charge is 0.451 e. The number of amidine groups is 1. The van der Waals surface area contributed by atoms with Crippen molar-refractivity contribution in [3.8, 4) is 0 Å². The van der Waals surface area contributed by atoms with Crippen LogP contribution in [0.2, 0.25) is 0 Å². The van der Waals surface area contributed by atoms with E-state index in [0.29, 0.717) is 5.69 Å². The van der Waals surface area contributed by atoms with E-state index in [9.17, 15) is 18.0 Å². The Morgan fingerprint density at radius 1 is 1.15 bits per heavy atom. The molecule has 0 saturated carbocycles. The topological polar surface area (TPSA) is 47.9 Å². The molecule has 0 radical (unpaired) electrons. The highest BCUT2D eigenvalue weighted by molar-refractivity contribution is 6.04. The Labute approximate surface area is 112 Å². The number of anilines is 1. The van der Waals surface area contributed by atoms with Crippen molar-refractivity contribution in [3.05, 3.63) is 42.7 Å². The lowest BCUT2D eigenvalue weighted by Gasteiger charge is -2.32. The van der Waals surface area contributed by atoms with E-state index in [1.165, 1.54) is 17.3 Å². The SMILES string of the molecule is O=C1C2NN=C(C(F)(F)F)N2C=CN1c1ccccc1. The summed E-state index contributed by atoms with van der Waals surface area (Å²) in [5.41, 5.74) is 2.80. The molecule has 104 valence electrons. The normalized spacial score (nSPS) is 21.6. The minimum absolute atomic E-state index is 0.526. The summed E-state index contributed by atoms with van der Waals surface area (Å²) in [6.07, 6.45) is -3.30. The standard InChI is InChI=1S/C12H9F3N4O/c13-12(14,15)11-17-16-9-10(20)18(6-7-19(9)11)8-4-2-1-3-5-8/h1-7,9,16H. The number of halogens is 3. The lowest BCUT2D eigenvalue weighted by atomic mass is 10.2. The number of nitrogens with zero attached hydrogens (tertiary/aromatic N) is 3. The fourth-order valence-electron chi connectivity index (χ4n) is 2.05. The third-order valence-corrected chi connectivity index (χ3v) is 2.95. The van der Waals surface area contributed by atoms with Crippen LogP contribution >= 0.6 is 0 Å². The molecule has 0 bridgehead atoms. The number of fused-ring (bicyclic) bond motifs is 1. The summed E-state index contributed by atoms with van der Waals surface area (Å²) < 4.78 is 38.1. The average molecular weight is 282 g/mol. The first-order valence-electron chi connectivity index (χ1n) is 5.74. The van der Waals surface area contributed by atoms with Crippen LogP contribution in [-0.4, -0.2) is 29.0 Å². The molecule has 1 amide bonds. The van der Waals surface area contributed by atoms with E-state index < -0.39 is 24.1 Å². The van der Waals surface area contributed by atoms with Gasteiger partial charge in [0.05, 0.1) is 0 Å². The molecule has 1 atom stereocenters. The molecule has 1 aromatic rings. The third-order valence-electron chi connectivity index (χ3n) is 2.95. The molecule has 20 heavy (non-hydrogen) atoms. The van der Waals surface area contributed by atoms with Crippen LogP contribution in [0.1, 0.15) is 0 Å². The van der Waals surface area contributed by atoms with Crippen LogP contribution in [0.3, 0.4) is 0 Å². The Hall–Kier alpha value is -2.51. The molecule has 1 aromatic carbocycles. The van der Waals surface area contributed by atoms with E-state index in [0.717, 1.165) is 4.90 Å². The number of carbonyl (C=O) groups excluding carboxylic acids is 1. The van der Waals surface area contributed by atoms with Gasteiger partial charge in [0.1, 0.15) is 0 Å². The molecular formula is C12H9F3N4O. The smallest absolute Gasteiger partial charge is 0.295 e. The zero-order valence-electron chi connectivity index (χ0n) is 10.0. The van der Waals surface area contributed by atoms with E-state index in [-0.39, 0.29) is 0 Å². The number of carbonyl (C=O) groups is 1. The highest BCUT2D eigenvalue weighted by Crippen LogP contribution is 2.28. The molecule has 0 fully saturated rings. The second-order valence-corrected chi connectivity index (χ2v) is 4.21. The minimum Gasteiger partial charge on any atom is -0.295 e. The van der Waals surface area contributed by atoms with Crippen LogP contribution < -0.4 is 10.3 Å². The second kappa shape index (κ2) is 4.26. The van der Waals surface area contributed by atoms with Crippen LogP contribution in [0.15, 0.2) is 47.8 Å². The number of alkyl halides is 3. The van der Waals surface area contributed by atoms with Gasteiger partial charge in [-0.3, -0.25) is 20.0 Å². The molecule has 1 unspecified atom stereocenters. The van der Waals surface area contributed by atoms with Gasteiger partial charge in [-0.2, -0.15) is 18.3 Å². The fourth-order valence-corrected chi connectivity index (χ4v) is 2.05. The first-order chi connectivity index (χ1) is 9.48. The third kappa shape index (κ3) is 1.89. The summed E-state index contributed by atoms with van der Waals surface area (Å²) in [5.74, 6) is -1.65. The van der Waals surface area contributed by atoms with Gasteiger partial charge < -0.3 is 0 Å². The highest BCUT2D eigenvalue weighted by Gasteiger charge is 2.49. The van der Waals surface area contributed by atoms with Gasteiger partial charge in [-0.1, -0.05) is 18.2 Å². The molecule has 0 aromatic heterocycles. The van der Waals surface area contributed by atoms with Crippen LogP contribution in [-0.2, 0) is 4.79 Å². The fraction of sp³-hybridized carbons (Fsp3) is 0.167. The van der Waals surface area contributed by atoms with Crippen LogP contribution in [0.25, 0.3) is 0 Å². The molecular weight excluding hydrogens is 273 g/mol. The number of rotatable bonds is 1. The zero-order valence-corrected chi connectivity index (χ0v) is 10.0. The summed E-state index contributed by atoms with van der Waals surface area (Å²) >= 11 is 0. The number of hydrazone groups is 1. The van der Waals surface area contributed by atoms with E-state index in [1.807, 2.05) is 0 Å². The van der Waals surface area contributed by atoms with Crippen molar-refractivity contribution < 1.29 is 18.0 Å².